The number of aliphatic carboxylic acids is 1. The molecule has 1 aromatic rings. The number of amides is 1. The number of nitrogens with zero attached hydrogens (tertiary/aromatic N) is 2. The topological polar surface area (TPSA) is 81.1 Å². The molecule has 102 valence electrons. The minimum atomic E-state index is -0.998. The summed E-state index contributed by atoms with van der Waals surface area (Å²) < 4.78 is 0. The molecule has 1 aliphatic heterocycles. The molecule has 2 N–H and O–H groups in total. The van der Waals surface area contributed by atoms with Crippen LogP contribution in [0.2, 0.25) is 0 Å². The van der Waals surface area contributed by atoms with Crippen LogP contribution in [0.5, 0.6) is 5.75 Å². The fraction of sp³-hybridized carbons (Fsp3) is 0.385. The maximum Gasteiger partial charge on any atom is 0.323 e. The van der Waals surface area contributed by atoms with E-state index in [1.165, 1.54) is 4.90 Å². The first-order chi connectivity index (χ1) is 9.06. The van der Waals surface area contributed by atoms with Crippen molar-refractivity contribution in [1.82, 2.24) is 9.80 Å². The van der Waals surface area contributed by atoms with Crippen LogP contribution in [0.15, 0.2) is 24.3 Å². The highest BCUT2D eigenvalue weighted by Crippen LogP contribution is 2.18. The Bertz CT molecular complexity index is 489. The van der Waals surface area contributed by atoms with Crippen molar-refractivity contribution in [2.24, 2.45) is 0 Å². The van der Waals surface area contributed by atoms with Crippen molar-refractivity contribution >= 4 is 11.9 Å². The zero-order chi connectivity index (χ0) is 13.8. The molecule has 0 unspecified atom stereocenters. The van der Waals surface area contributed by atoms with Gasteiger partial charge in [0, 0.05) is 25.2 Å². The maximum atomic E-state index is 11.8. The predicted molar refractivity (Wildman–Crippen MR) is 67.6 cm³/mol. The second kappa shape index (κ2) is 5.71. The average Bonchev–Trinajstić information content (AvgIpc) is 2.35. The highest BCUT2D eigenvalue weighted by atomic mass is 16.4. The van der Waals surface area contributed by atoms with Crippen molar-refractivity contribution in [3.63, 3.8) is 0 Å². The van der Waals surface area contributed by atoms with E-state index in [1.54, 1.807) is 12.1 Å². The number of rotatable bonds is 4. The number of carbonyl (C=O) groups excluding carboxylic acids is 1. The van der Waals surface area contributed by atoms with E-state index < -0.39 is 5.97 Å². The molecule has 0 bridgehead atoms. The summed E-state index contributed by atoms with van der Waals surface area (Å²) in [5.41, 5.74) is 0.766. The van der Waals surface area contributed by atoms with Crippen molar-refractivity contribution in [3.05, 3.63) is 29.8 Å². The number of carboxylic acids is 1. The average molecular weight is 264 g/mol. The van der Waals surface area contributed by atoms with Crippen molar-refractivity contribution in [2.45, 2.75) is 6.54 Å². The minimum Gasteiger partial charge on any atom is -0.508 e. The highest BCUT2D eigenvalue weighted by Gasteiger charge is 2.25. The van der Waals surface area contributed by atoms with Crippen molar-refractivity contribution in [1.29, 1.82) is 0 Å². The molecular weight excluding hydrogens is 248 g/mol. The van der Waals surface area contributed by atoms with Gasteiger partial charge >= 0.3 is 5.97 Å². The van der Waals surface area contributed by atoms with Gasteiger partial charge in [-0.15, -0.1) is 0 Å². The molecule has 0 radical (unpaired) electrons. The lowest BCUT2D eigenvalue weighted by Gasteiger charge is -2.33. The lowest BCUT2D eigenvalue weighted by atomic mass is 10.1. The monoisotopic (exact) mass is 264 g/mol. The van der Waals surface area contributed by atoms with Gasteiger partial charge in [-0.1, -0.05) is 18.2 Å². The number of aromatic hydroxyl groups is 1. The molecular formula is C13H16N2O4. The SMILES string of the molecule is O=C(O)CN1CCN(Cc2ccccc2O)CC1=O. The summed E-state index contributed by atoms with van der Waals surface area (Å²) in [6.45, 7) is 1.43. The van der Waals surface area contributed by atoms with Crippen LogP contribution in [0.3, 0.4) is 0 Å². The number of phenolic OH excluding ortho intramolecular Hbond substituents is 1. The molecule has 1 aromatic carbocycles. The smallest absolute Gasteiger partial charge is 0.323 e. The van der Waals surface area contributed by atoms with Crippen molar-refractivity contribution in [2.75, 3.05) is 26.2 Å². The first kappa shape index (κ1) is 13.4. The largest absolute Gasteiger partial charge is 0.508 e. The van der Waals surface area contributed by atoms with Crippen molar-refractivity contribution in [3.8, 4) is 5.75 Å². The summed E-state index contributed by atoms with van der Waals surface area (Å²) in [6, 6.07) is 6.99. The minimum absolute atomic E-state index is 0.182. The molecule has 0 saturated carbocycles. The van der Waals surface area contributed by atoms with E-state index in [0.29, 0.717) is 19.6 Å². The van der Waals surface area contributed by atoms with Crippen LogP contribution >= 0.6 is 0 Å². The number of carboxylic acid groups (broad SMARTS) is 1. The van der Waals surface area contributed by atoms with Crippen LogP contribution in [0.25, 0.3) is 0 Å². The Balaban J connectivity index is 1.94. The fourth-order valence-electron chi connectivity index (χ4n) is 2.11. The highest BCUT2D eigenvalue weighted by molar-refractivity contribution is 5.83. The van der Waals surface area contributed by atoms with Gasteiger partial charge in [-0.25, -0.2) is 0 Å². The van der Waals surface area contributed by atoms with Crippen LogP contribution in [0.4, 0.5) is 0 Å². The quantitative estimate of drug-likeness (QED) is 0.807. The van der Waals surface area contributed by atoms with E-state index >= 15 is 0 Å². The second-order valence-corrected chi connectivity index (χ2v) is 4.55. The molecule has 6 heteroatoms. The molecule has 0 aromatic heterocycles. The van der Waals surface area contributed by atoms with Gasteiger partial charge in [-0.05, 0) is 6.07 Å². The zero-order valence-electron chi connectivity index (χ0n) is 10.5. The Morgan fingerprint density at radius 1 is 1.26 bits per heavy atom. The predicted octanol–water partition coefficient (Wildman–Crippen LogP) is 0.121. The molecule has 0 spiro atoms. The Labute approximate surface area is 110 Å². The van der Waals surface area contributed by atoms with Crippen LogP contribution in [0, 0.1) is 0 Å². The molecule has 1 saturated heterocycles. The molecule has 1 fully saturated rings. The zero-order valence-corrected chi connectivity index (χ0v) is 10.5. The summed E-state index contributed by atoms with van der Waals surface area (Å²) in [5.74, 6) is -0.977. The molecule has 1 aliphatic rings. The summed E-state index contributed by atoms with van der Waals surface area (Å²) >= 11 is 0. The number of piperazine rings is 1. The Morgan fingerprint density at radius 2 is 2.00 bits per heavy atom. The number of hydrogen-bond donors (Lipinski definition) is 2. The van der Waals surface area contributed by atoms with Gasteiger partial charge in [-0.3, -0.25) is 14.5 Å². The van der Waals surface area contributed by atoms with E-state index in [-0.39, 0.29) is 24.7 Å². The lowest BCUT2D eigenvalue weighted by Crippen LogP contribution is -2.51. The standard InChI is InChI=1S/C13H16N2O4/c16-11-4-2-1-3-10(11)7-14-5-6-15(9-13(18)19)12(17)8-14/h1-4,16H,5-9H2,(H,18,19). The molecule has 2 rings (SSSR count). The number of phenols is 1. The summed E-state index contributed by atoms with van der Waals surface area (Å²) in [6.07, 6.45) is 0. The Hall–Kier alpha value is -2.08. The van der Waals surface area contributed by atoms with Gasteiger partial charge in [0.2, 0.25) is 5.91 Å². The molecule has 1 heterocycles. The van der Waals surface area contributed by atoms with E-state index in [2.05, 4.69) is 0 Å². The van der Waals surface area contributed by atoms with Gasteiger partial charge in [0.15, 0.2) is 0 Å². The lowest BCUT2D eigenvalue weighted by molar-refractivity contribution is -0.147. The van der Waals surface area contributed by atoms with Gasteiger partial charge < -0.3 is 15.1 Å². The number of hydrogen-bond acceptors (Lipinski definition) is 4. The van der Waals surface area contributed by atoms with E-state index in [1.807, 2.05) is 17.0 Å². The first-order valence-corrected chi connectivity index (χ1v) is 6.05. The van der Waals surface area contributed by atoms with Crippen LogP contribution < -0.4 is 0 Å². The number of carbonyl (C=O) groups is 2. The fourth-order valence-corrected chi connectivity index (χ4v) is 2.11. The number of benzene rings is 1. The van der Waals surface area contributed by atoms with Gasteiger partial charge in [0.1, 0.15) is 12.3 Å². The molecule has 19 heavy (non-hydrogen) atoms. The summed E-state index contributed by atoms with van der Waals surface area (Å²) in [4.78, 5) is 25.6. The van der Waals surface area contributed by atoms with Gasteiger partial charge in [0.05, 0.1) is 6.54 Å². The second-order valence-electron chi connectivity index (χ2n) is 4.55. The third kappa shape index (κ3) is 3.45. The van der Waals surface area contributed by atoms with E-state index in [4.69, 9.17) is 5.11 Å². The van der Waals surface area contributed by atoms with Crippen molar-refractivity contribution < 1.29 is 19.8 Å². The third-order valence-corrected chi connectivity index (χ3v) is 3.11. The number of para-hydroxylation sites is 1. The van der Waals surface area contributed by atoms with Crippen LogP contribution in [-0.2, 0) is 16.1 Å². The normalized spacial score (nSPS) is 16.6. The van der Waals surface area contributed by atoms with Crippen LogP contribution in [-0.4, -0.2) is 58.1 Å². The Morgan fingerprint density at radius 3 is 2.63 bits per heavy atom. The molecule has 6 nitrogen and oxygen atoms in total. The molecule has 0 aliphatic carbocycles. The van der Waals surface area contributed by atoms with E-state index in [0.717, 1.165) is 5.56 Å². The summed E-state index contributed by atoms with van der Waals surface area (Å²) in [5, 5.41) is 18.4. The molecule has 0 atom stereocenters. The summed E-state index contributed by atoms with van der Waals surface area (Å²) in [7, 11) is 0. The maximum absolute atomic E-state index is 11.8. The van der Waals surface area contributed by atoms with E-state index in [9.17, 15) is 14.7 Å². The Kier molecular flexibility index (Phi) is 4.01. The van der Waals surface area contributed by atoms with Crippen LogP contribution in [0.1, 0.15) is 5.56 Å². The third-order valence-electron chi connectivity index (χ3n) is 3.11. The molecule has 1 amide bonds. The van der Waals surface area contributed by atoms with Gasteiger partial charge in [0.25, 0.3) is 0 Å². The van der Waals surface area contributed by atoms with Gasteiger partial charge in [-0.2, -0.15) is 0 Å². The first-order valence-electron chi connectivity index (χ1n) is 6.05.